The molecule has 2 aliphatic rings. The Morgan fingerprint density at radius 3 is 2.66 bits per heavy atom. The van der Waals surface area contributed by atoms with E-state index in [1.807, 2.05) is 60.6 Å². The molecule has 0 spiro atoms. The maximum absolute atomic E-state index is 13.2. The molecule has 32 heavy (non-hydrogen) atoms. The van der Waals surface area contributed by atoms with Gasteiger partial charge in [0.2, 0.25) is 0 Å². The summed E-state index contributed by atoms with van der Waals surface area (Å²) < 4.78 is 5.69. The smallest absolute Gasteiger partial charge is 0.300 e. The lowest BCUT2D eigenvalue weighted by atomic mass is 9.99. The van der Waals surface area contributed by atoms with Crippen molar-refractivity contribution in [1.29, 1.82) is 0 Å². The quantitative estimate of drug-likeness (QED) is 0.364. The van der Waals surface area contributed by atoms with E-state index in [1.54, 1.807) is 18.2 Å². The fraction of sp³-hybridized carbons (Fsp3) is 0.200. The number of hydrogen-bond donors (Lipinski definition) is 1. The van der Waals surface area contributed by atoms with Crippen LogP contribution in [0.1, 0.15) is 22.0 Å². The summed E-state index contributed by atoms with van der Waals surface area (Å²) in [6.07, 6.45) is 0. The van der Waals surface area contributed by atoms with E-state index in [-0.39, 0.29) is 11.3 Å². The highest BCUT2D eigenvalue weighted by Gasteiger charge is 2.47. The number of nitrogens with zero attached hydrogens (tertiary/aromatic N) is 2. The standard InChI is InChI=1S/C25H22N2O4S/c1-15-6-3-4-7-17(15)27-22(20-8-5-13-32-20)21(24(29)25(27)30)23(28)16-9-10-19-18(14-16)26(2)11-12-31-19/h3-10,13-14,22,28H,11-12H2,1-2H3/b23-21-. The first-order valence-corrected chi connectivity index (χ1v) is 11.2. The minimum absolute atomic E-state index is 0.0973. The summed E-state index contributed by atoms with van der Waals surface area (Å²) in [5, 5.41) is 13.2. The SMILES string of the molecule is Cc1ccccc1N1C(=O)C(=O)/C(=C(\O)c2ccc3c(c2)N(C)CCO3)C1c1cccs1. The van der Waals surface area contributed by atoms with Crippen LogP contribution in [-0.4, -0.2) is 37.0 Å². The second-order valence-electron chi connectivity index (χ2n) is 7.92. The highest BCUT2D eigenvalue weighted by molar-refractivity contribution is 7.10. The summed E-state index contributed by atoms with van der Waals surface area (Å²) in [6.45, 7) is 3.22. The maximum atomic E-state index is 13.2. The van der Waals surface area contributed by atoms with Gasteiger partial charge in [-0.05, 0) is 48.2 Å². The number of carbonyl (C=O) groups is 2. The average Bonchev–Trinajstić information content (AvgIpc) is 3.41. The van der Waals surface area contributed by atoms with E-state index >= 15 is 0 Å². The number of hydrogen-bond acceptors (Lipinski definition) is 6. The van der Waals surface area contributed by atoms with E-state index in [0.29, 0.717) is 17.9 Å². The molecule has 1 fully saturated rings. The van der Waals surface area contributed by atoms with Crippen molar-refractivity contribution < 1.29 is 19.4 Å². The van der Waals surface area contributed by atoms with Gasteiger partial charge in [-0.25, -0.2) is 0 Å². The Kier molecular flexibility index (Phi) is 4.98. The van der Waals surface area contributed by atoms with Crippen LogP contribution < -0.4 is 14.5 Å². The van der Waals surface area contributed by atoms with Crippen LogP contribution >= 0.6 is 11.3 Å². The number of thiophene rings is 1. The number of fused-ring (bicyclic) bond motifs is 1. The molecule has 2 aliphatic heterocycles. The first-order valence-electron chi connectivity index (χ1n) is 10.4. The number of Topliss-reactive ketones (excluding diaryl/α,β-unsaturated/α-hetero) is 1. The third-order valence-corrected chi connectivity index (χ3v) is 6.88. The van der Waals surface area contributed by atoms with Gasteiger partial charge in [0.25, 0.3) is 11.7 Å². The van der Waals surface area contributed by atoms with E-state index in [0.717, 1.165) is 28.4 Å². The first-order chi connectivity index (χ1) is 15.5. The molecule has 3 aromatic rings. The van der Waals surface area contributed by atoms with Crippen LogP contribution in [0.15, 0.2) is 65.6 Å². The first kappa shape index (κ1) is 20.3. The Hall–Kier alpha value is -3.58. The fourth-order valence-corrected chi connectivity index (χ4v) is 5.11. The van der Waals surface area contributed by atoms with Crippen LogP contribution in [0.2, 0.25) is 0 Å². The molecule has 1 N–H and O–H groups in total. The highest BCUT2D eigenvalue weighted by atomic mass is 32.1. The van der Waals surface area contributed by atoms with Crippen molar-refractivity contribution in [3.05, 3.63) is 81.6 Å². The van der Waals surface area contributed by atoms with Gasteiger partial charge >= 0.3 is 0 Å². The van der Waals surface area contributed by atoms with Gasteiger partial charge in [-0.3, -0.25) is 14.5 Å². The van der Waals surface area contributed by atoms with Crippen molar-refractivity contribution in [1.82, 2.24) is 0 Å². The normalized spacial score (nSPS) is 19.8. The number of aliphatic hydroxyl groups is 1. The zero-order chi connectivity index (χ0) is 22.4. The molecule has 1 unspecified atom stereocenters. The molecule has 0 bridgehead atoms. The van der Waals surface area contributed by atoms with Crippen LogP contribution in [0.25, 0.3) is 5.76 Å². The number of likely N-dealkylation sites (N-methyl/N-ethyl adjacent to an activating group) is 1. The molecule has 3 heterocycles. The number of anilines is 2. The van der Waals surface area contributed by atoms with Gasteiger partial charge in [-0.2, -0.15) is 0 Å². The van der Waals surface area contributed by atoms with E-state index < -0.39 is 17.7 Å². The van der Waals surface area contributed by atoms with Gasteiger partial charge in [-0.1, -0.05) is 24.3 Å². The minimum Gasteiger partial charge on any atom is -0.507 e. The topological polar surface area (TPSA) is 70.1 Å². The summed E-state index contributed by atoms with van der Waals surface area (Å²) in [6, 6.07) is 15.8. The lowest BCUT2D eigenvalue weighted by Crippen LogP contribution is -2.29. The molecule has 2 aromatic carbocycles. The van der Waals surface area contributed by atoms with Crippen molar-refractivity contribution in [2.75, 3.05) is 30.0 Å². The second kappa shape index (κ2) is 7.84. The Bertz CT molecular complexity index is 1250. The van der Waals surface area contributed by atoms with E-state index in [1.165, 1.54) is 16.2 Å². The number of para-hydroxylation sites is 1. The Morgan fingerprint density at radius 2 is 1.91 bits per heavy atom. The van der Waals surface area contributed by atoms with E-state index in [4.69, 9.17) is 4.74 Å². The molecule has 1 saturated heterocycles. The third-order valence-electron chi connectivity index (χ3n) is 5.96. The van der Waals surface area contributed by atoms with Gasteiger partial charge < -0.3 is 14.7 Å². The Balaban J connectivity index is 1.69. The molecule has 1 aromatic heterocycles. The molecule has 0 aliphatic carbocycles. The number of amides is 1. The van der Waals surface area contributed by atoms with Crippen LogP contribution in [0.3, 0.4) is 0 Å². The highest BCUT2D eigenvalue weighted by Crippen LogP contribution is 2.45. The number of ketones is 1. The zero-order valence-electron chi connectivity index (χ0n) is 17.7. The van der Waals surface area contributed by atoms with Crippen molar-refractivity contribution >= 4 is 40.2 Å². The molecule has 1 amide bonds. The van der Waals surface area contributed by atoms with Crippen LogP contribution in [0, 0.1) is 6.92 Å². The Morgan fingerprint density at radius 1 is 1.09 bits per heavy atom. The monoisotopic (exact) mass is 446 g/mol. The predicted octanol–water partition coefficient (Wildman–Crippen LogP) is 4.51. The van der Waals surface area contributed by atoms with E-state index in [9.17, 15) is 14.7 Å². The molecule has 6 nitrogen and oxygen atoms in total. The molecular formula is C25H22N2O4S. The number of rotatable bonds is 3. The van der Waals surface area contributed by atoms with Gasteiger partial charge in [0.1, 0.15) is 24.2 Å². The summed E-state index contributed by atoms with van der Waals surface area (Å²) in [4.78, 5) is 30.8. The summed E-state index contributed by atoms with van der Waals surface area (Å²) in [7, 11) is 1.95. The van der Waals surface area contributed by atoms with Gasteiger partial charge in [0, 0.05) is 23.2 Å². The van der Waals surface area contributed by atoms with Gasteiger partial charge in [0.15, 0.2) is 0 Å². The molecule has 0 radical (unpaired) electrons. The third kappa shape index (κ3) is 3.17. The predicted molar refractivity (Wildman–Crippen MR) is 125 cm³/mol. The average molecular weight is 447 g/mol. The lowest BCUT2D eigenvalue weighted by Gasteiger charge is -2.28. The van der Waals surface area contributed by atoms with Crippen LogP contribution in [0.5, 0.6) is 5.75 Å². The molecule has 1 atom stereocenters. The number of aryl methyl sites for hydroxylation is 1. The molecule has 7 heteroatoms. The van der Waals surface area contributed by atoms with Crippen LogP contribution in [0.4, 0.5) is 11.4 Å². The molecule has 162 valence electrons. The molecular weight excluding hydrogens is 424 g/mol. The zero-order valence-corrected chi connectivity index (χ0v) is 18.6. The number of ether oxygens (including phenoxy) is 1. The van der Waals surface area contributed by atoms with Crippen molar-refractivity contribution in [2.24, 2.45) is 0 Å². The van der Waals surface area contributed by atoms with E-state index in [2.05, 4.69) is 0 Å². The van der Waals surface area contributed by atoms with Crippen LogP contribution in [-0.2, 0) is 9.59 Å². The number of carbonyl (C=O) groups excluding carboxylic acids is 2. The minimum atomic E-state index is -0.693. The van der Waals surface area contributed by atoms with Crippen molar-refractivity contribution in [3.63, 3.8) is 0 Å². The van der Waals surface area contributed by atoms with Crippen molar-refractivity contribution in [2.45, 2.75) is 13.0 Å². The number of aliphatic hydroxyl groups excluding tert-OH is 1. The Labute approximate surface area is 190 Å². The number of benzene rings is 2. The summed E-state index contributed by atoms with van der Waals surface area (Å²) >= 11 is 1.45. The lowest BCUT2D eigenvalue weighted by molar-refractivity contribution is -0.132. The largest absolute Gasteiger partial charge is 0.507 e. The fourth-order valence-electron chi connectivity index (χ4n) is 4.28. The summed E-state index contributed by atoms with van der Waals surface area (Å²) in [5.74, 6) is -0.783. The molecule has 5 rings (SSSR count). The maximum Gasteiger partial charge on any atom is 0.300 e. The summed E-state index contributed by atoms with van der Waals surface area (Å²) in [5.41, 5.74) is 2.95. The second-order valence-corrected chi connectivity index (χ2v) is 8.90. The van der Waals surface area contributed by atoms with Gasteiger partial charge in [0.05, 0.1) is 17.8 Å². The molecule has 0 saturated carbocycles. The van der Waals surface area contributed by atoms with Gasteiger partial charge in [-0.15, -0.1) is 11.3 Å². The van der Waals surface area contributed by atoms with Crippen molar-refractivity contribution in [3.8, 4) is 5.75 Å².